The standard InChI is InChI=1S/C21H14BrNS/c22-19-12-10-17(11-13-19)20-14-24-21(23-20)18-8-6-16(7-9-18)15-4-2-1-3-5-15/h1-14H. The minimum Gasteiger partial charge on any atom is -0.236 e. The lowest BCUT2D eigenvalue weighted by molar-refractivity contribution is 1.40. The lowest BCUT2D eigenvalue weighted by Crippen LogP contribution is -1.81. The molecule has 24 heavy (non-hydrogen) atoms. The maximum Gasteiger partial charge on any atom is 0.124 e. The molecule has 0 saturated carbocycles. The molecule has 3 heteroatoms. The molecule has 0 bridgehead atoms. The fourth-order valence-corrected chi connectivity index (χ4v) is 3.70. The van der Waals surface area contributed by atoms with Crippen molar-refractivity contribution in [3.8, 4) is 33.0 Å². The number of aromatic nitrogens is 1. The van der Waals surface area contributed by atoms with Crippen LogP contribution in [0, 0.1) is 0 Å². The number of hydrogen-bond acceptors (Lipinski definition) is 2. The lowest BCUT2D eigenvalue weighted by Gasteiger charge is -2.02. The molecule has 0 saturated heterocycles. The van der Waals surface area contributed by atoms with Crippen molar-refractivity contribution in [3.63, 3.8) is 0 Å². The molecule has 1 heterocycles. The van der Waals surface area contributed by atoms with Gasteiger partial charge in [0.2, 0.25) is 0 Å². The quantitative estimate of drug-likeness (QED) is 0.369. The minimum atomic E-state index is 1.02. The zero-order chi connectivity index (χ0) is 16.4. The predicted octanol–water partition coefficient (Wildman–Crippen LogP) is 6.91. The van der Waals surface area contributed by atoms with E-state index in [9.17, 15) is 0 Å². The van der Waals surface area contributed by atoms with E-state index in [1.165, 1.54) is 11.1 Å². The summed E-state index contributed by atoms with van der Waals surface area (Å²) in [7, 11) is 0. The summed E-state index contributed by atoms with van der Waals surface area (Å²) < 4.78 is 1.08. The van der Waals surface area contributed by atoms with Crippen LogP contribution < -0.4 is 0 Å². The van der Waals surface area contributed by atoms with Crippen molar-refractivity contribution in [2.45, 2.75) is 0 Å². The van der Waals surface area contributed by atoms with Crippen molar-refractivity contribution in [2.24, 2.45) is 0 Å². The molecule has 0 atom stereocenters. The van der Waals surface area contributed by atoms with Crippen LogP contribution >= 0.6 is 27.3 Å². The van der Waals surface area contributed by atoms with Gasteiger partial charge in [-0.1, -0.05) is 82.7 Å². The van der Waals surface area contributed by atoms with Crippen molar-refractivity contribution >= 4 is 27.3 Å². The second kappa shape index (κ2) is 6.71. The van der Waals surface area contributed by atoms with E-state index in [0.29, 0.717) is 0 Å². The number of rotatable bonds is 3. The summed E-state index contributed by atoms with van der Waals surface area (Å²) in [4.78, 5) is 4.79. The van der Waals surface area contributed by atoms with Gasteiger partial charge in [-0.2, -0.15) is 0 Å². The second-order valence-electron chi connectivity index (χ2n) is 5.49. The first-order chi connectivity index (χ1) is 11.8. The van der Waals surface area contributed by atoms with Gasteiger partial charge in [-0.15, -0.1) is 11.3 Å². The van der Waals surface area contributed by atoms with E-state index in [1.54, 1.807) is 11.3 Å². The van der Waals surface area contributed by atoms with Crippen molar-refractivity contribution in [1.82, 2.24) is 4.98 Å². The summed E-state index contributed by atoms with van der Waals surface area (Å²) in [5.74, 6) is 0. The highest BCUT2D eigenvalue weighted by Gasteiger charge is 2.07. The van der Waals surface area contributed by atoms with Crippen LogP contribution in [0.5, 0.6) is 0 Å². The Morgan fingerprint density at radius 2 is 1.21 bits per heavy atom. The largest absolute Gasteiger partial charge is 0.236 e. The van der Waals surface area contributed by atoms with Gasteiger partial charge in [0, 0.05) is 21.0 Å². The molecule has 0 aliphatic heterocycles. The Labute approximate surface area is 153 Å². The highest BCUT2D eigenvalue weighted by atomic mass is 79.9. The smallest absolute Gasteiger partial charge is 0.124 e. The fraction of sp³-hybridized carbons (Fsp3) is 0. The lowest BCUT2D eigenvalue weighted by atomic mass is 10.0. The molecule has 0 fully saturated rings. The zero-order valence-electron chi connectivity index (χ0n) is 12.8. The summed E-state index contributed by atoms with van der Waals surface area (Å²) in [6.07, 6.45) is 0. The first-order valence-corrected chi connectivity index (χ1v) is 9.34. The van der Waals surface area contributed by atoms with Gasteiger partial charge in [-0.25, -0.2) is 4.98 Å². The summed E-state index contributed by atoms with van der Waals surface area (Å²) >= 11 is 5.15. The van der Waals surface area contributed by atoms with Gasteiger partial charge >= 0.3 is 0 Å². The van der Waals surface area contributed by atoms with E-state index < -0.39 is 0 Å². The third-order valence-corrected chi connectivity index (χ3v) is 5.30. The summed E-state index contributed by atoms with van der Waals surface area (Å²) in [6, 6.07) is 27.3. The van der Waals surface area contributed by atoms with Crippen LogP contribution in [-0.4, -0.2) is 4.98 Å². The van der Waals surface area contributed by atoms with Crippen molar-refractivity contribution < 1.29 is 0 Å². The Kier molecular flexibility index (Phi) is 4.28. The number of nitrogens with zero attached hydrogens (tertiary/aromatic N) is 1. The van der Waals surface area contributed by atoms with E-state index in [-0.39, 0.29) is 0 Å². The number of benzene rings is 3. The van der Waals surface area contributed by atoms with Crippen molar-refractivity contribution in [3.05, 3.63) is 88.7 Å². The molecule has 1 aromatic heterocycles. The molecule has 4 aromatic rings. The monoisotopic (exact) mass is 391 g/mol. The van der Waals surface area contributed by atoms with Crippen LogP contribution in [0.2, 0.25) is 0 Å². The number of thiazole rings is 1. The van der Waals surface area contributed by atoms with Crippen molar-refractivity contribution in [1.29, 1.82) is 0 Å². The van der Waals surface area contributed by atoms with Gasteiger partial charge in [-0.3, -0.25) is 0 Å². The highest BCUT2D eigenvalue weighted by Crippen LogP contribution is 2.30. The second-order valence-corrected chi connectivity index (χ2v) is 7.26. The van der Waals surface area contributed by atoms with E-state index >= 15 is 0 Å². The molecule has 0 aliphatic rings. The average molecular weight is 392 g/mol. The fourth-order valence-electron chi connectivity index (χ4n) is 2.60. The van der Waals surface area contributed by atoms with Crippen LogP contribution in [-0.2, 0) is 0 Å². The molecule has 0 spiro atoms. The average Bonchev–Trinajstić information content (AvgIpc) is 3.13. The van der Waals surface area contributed by atoms with Gasteiger partial charge in [0.25, 0.3) is 0 Å². The summed E-state index contributed by atoms with van der Waals surface area (Å²) in [5, 5.41) is 3.16. The van der Waals surface area contributed by atoms with Crippen LogP contribution in [0.4, 0.5) is 0 Å². The number of hydrogen-bond donors (Lipinski definition) is 0. The third kappa shape index (κ3) is 3.18. The molecular weight excluding hydrogens is 378 g/mol. The summed E-state index contributed by atoms with van der Waals surface area (Å²) in [5.41, 5.74) is 5.78. The molecular formula is C21H14BrNS. The van der Waals surface area contributed by atoms with Crippen molar-refractivity contribution in [2.75, 3.05) is 0 Å². The van der Waals surface area contributed by atoms with E-state index in [4.69, 9.17) is 4.98 Å². The number of halogens is 1. The van der Waals surface area contributed by atoms with Gasteiger partial charge in [0.1, 0.15) is 5.01 Å². The Morgan fingerprint density at radius 3 is 1.92 bits per heavy atom. The predicted molar refractivity (Wildman–Crippen MR) is 106 cm³/mol. The molecule has 0 amide bonds. The Hall–Kier alpha value is -2.23. The summed E-state index contributed by atoms with van der Waals surface area (Å²) in [6.45, 7) is 0. The van der Waals surface area contributed by atoms with E-state index in [0.717, 1.165) is 26.3 Å². The SMILES string of the molecule is Brc1ccc(-c2csc(-c3ccc(-c4ccccc4)cc3)n2)cc1. The van der Waals surface area contributed by atoms with Crippen LogP contribution in [0.1, 0.15) is 0 Å². The zero-order valence-corrected chi connectivity index (χ0v) is 15.2. The Morgan fingerprint density at radius 1 is 0.625 bits per heavy atom. The van der Waals surface area contributed by atoms with Crippen LogP contribution in [0.25, 0.3) is 33.0 Å². The maximum atomic E-state index is 4.79. The minimum absolute atomic E-state index is 1.02. The Balaban J connectivity index is 1.62. The van der Waals surface area contributed by atoms with Gasteiger partial charge in [0.15, 0.2) is 0 Å². The van der Waals surface area contributed by atoms with E-state index in [2.05, 4.69) is 82.0 Å². The van der Waals surface area contributed by atoms with E-state index in [1.807, 2.05) is 18.2 Å². The van der Waals surface area contributed by atoms with Crippen LogP contribution in [0.3, 0.4) is 0 Å². The molecule has 3 aromatic carbocycles. The van der Waals surface area contributed by atoms with Gasteiger partial charge < -0.3 is 0 Å². The highest BCUT2D eigenvalue weighted by molar-refractivity contribution is 9.10. The first-order valence-electron chi connectivity index (χ1n) is 7.67. The molecule has 116 valence electrons. The molecule has 0 unspecified atom stereocenters. The topological polar surface area (TPSA) is 12.9 Å². The maximum absolute atomic E-state index is 4.79. The molecule has 0 aliphatic carbocycles. The van der Waals surface area contributed by atoms with Crippen LogP contribution in [0.15, 0.2) is 88.7 Å². The first kappa shape index (κ1) is 15.3. The molecule has 0 radical (unpaired) electrons. The van der Waals surface area contributed by atoms with Gasteiger partial charge in [0.05, 0.1) is 5.69 Å². The molecule has 0 N–H and O–H groups in total. The molecule has 1 nitrogen and oxygen atoms in total. The third-order valence-electron chi connectivity index (χ3n) is 3.88. The van der Waals surface area contributed by atoms with Gasteiger partial charge in [-0.05, 0) is 23.3 Å². The Bertz CT molecular complexity index is 941. The molecule has 4 rings (SSSR count). The normalized spacial score (nSPS) is 10.7.